The number of rotatable bonds is 11. The lowest BCUT2D eigenvalue weighted by Crippen LogP contribution is -2.51. The molecule has 2 aromatic heterocycles. The average molecular weight is 787 g/mol. The van der Waals surface area contributed by atoms with Crippen LogP contribution in [0.5, 0.6) is 0 Å². The quantitative estimate of drug-likeness (QED) is 0.0430. The number of carbonyl (C=O) groups is 3. The number of hydrogen-bond donors (Lipinski definition) is 3. The number of alkyl carbamates (subject to hydrolysis) is 1. The Morgan fingerprint density at radius 3 is 1.95 bits per heavy atom. The highest BCUT2D eigenvalue weighted by molar-refractivity contribution is 5.87. The van der Waals surface area contributed by atoms with Gasteiger partial charge in [0.1, 0.15) is 23.7 Å². The van der Waals surface area contributed by atoms with E-state index in [1.807, 2.05) is 73.9 Å². The van der Waals surface area contributed by atoms with Gasteiger partial charge in [-0.25, -0.2) is 19.8 Å². The first kappa shape index (κ1) is 40.0. The van der Waals surface area contributed by atoms with E-state index in [2.05, 4.69) is 61.3 Å². The molecule has 0 unspecified atom stereocenters. The number of likely N-dealkylation sites (tertiary alicyclic amines) is 2. The summed E-state index contributed by atoms with van der Waals surface area (Å²) < 4.78 is 4.76. The van der Waals surface area contributed by atoms with E-state index in [4.69, 9.17) is 19.6 Å². The molecule has 4 heterocycles. The third kappa shape index (κ3) is 8.55. The van der Waals surface area contributed by atoms with Crippen LogP contribution in [0.1, 0.15) is 88.2 Å². The van der Waals surface area contributed by atoms with Crippen molar-refractivity contribution in [3.05, 3.63) is 83.4 Å². The molecule has 2 aliphatic heterocycles. The zero-order chi connectivity index (χ0) is 40.9. The van der Waals surface area contributed by atoms with Crippen molar-refractivity contribution < 1.29 is 28.9 Å². The van der Waals surface area contributed by atoms with Gasteiger partial charge in [0.25, 0.3) is 0 Å². The standard InChI is InChI=1S/C44H50N8O6/c1-26(2)38(45-25-58-57-6)42(53)51-21-7-9-36(51)41-47-33-20-18-31(24-35(33)49-41)30-16-13-28(14-17-30)11-12-29-15-19-32-34(23-29)48-40(46-32)37-10-8-22-52(37)43(54)39(27(3)4)50-44(55)56-5/h13-20,23-27,36-39H,7-10,21-22H2,1-6H3,(H,46,48)(H,47,49)(H,50,55)/t36-,37-,38-,39-/m0/s1. The van der Waals surface area contributed by atoms with Crippen molar-refractivity contribution in [1.82, 2.24) is 35.1 Å². The molecule has 3 aromatic carbocycles. The topological polar surface area (TPSA) is 167 Å². The fourth-order valence-electron chi connectivity index (χ4n) is 7.85. The third-order valence-corrected chi connectivity index (χ3v) is 10.9. The fraction of sp³-hybridized carbons (Fsp3) is 0.409. The molecule has 5 aromatic rings. The van der Waals surface area contributed by atoms with Crippen molar-refractivity contribution in [1.29, 1.82) is 0 Å². The number of hydrogen-bond acceptors (Lipinski definition) is 9. The van der Waals surface area contributed by atoms with E-state index < -0.39 is 18.2 Å². The predicted octanol–water partition coefficient (Wildman–Crippen LogP) is 6.84. The second-order valence-electron chi connectivity index (χ2n) is 15.5. The first-order valence-corrected chi connectivity index (χ1v) is 19.8. The van der Waals surface area contributed by atoms with E-state index >= 15 is 0 Å². The van der Waals surface area contributed by atoms with Crippen LogP contribution in [0.3, 0.4) is 0 Å². The number of aliphatic imine (C=N–C) groups is 1. The summed E-state index contributed by atoms with van der Waals surface area (Å²) in [5, 5.41) is 2.70. The zero-order valence-electron chi connectivity index (χ0n) is 33.7. The number of aromatic amines is 2. The minimum Gasteiger partial charge on any atom is -0.453 e. The van der Waals surface area contributed by atoms with Gasteiger partial charge in [-0.15, -0.1) is 0 Å². The molecule has 7 rings (SSSR count). The van der Waals surface area contributed by atoms with Crippen molar-refractivity contribution in [3.63, 3.8) is 0 Å². The van der Waals surface area contributed by atoms with Gasteiger partial charge >= 0.3 is 6.09 Å². The first-order valence-electron chi connectivity index (χ1n) is 19.8. The molecule has 14 heteroatoms. The smallest absolute Gasteiger partial charge is 0.407 e. The van der Waals surface area contributed by atoms with Gasteiger partial charge in [-0.1, -0.05) is 57.7 Å². The molecule has 2 fully saturated rings. The normalized spacial score (nSPS) is 17.9. The maximum Gasteiger partial charge on any atom is 0.407 e. The van der Waals surface area contributed by atoms with Crippen LogP contribution in [0, 0.1) is 23.7 Å². The van der Waals surface area contributed by atoms with Crippen LogP contribution in [0.2, 0.25) is 0 Å². The lowest BCUT2D eigenvalue weighted by atomic mass is 10.0. The Balaban J connectivity index is 1.03. The number of benzene rings is 3. The number of nitrogens with one attached hydrogen (secondary N) is 3. The van der Waals surface area contributed by atoms with Crippen molar-refractivity contribution in [2.45, 2.75) is 77.5 Å². The largest absolute Gasteiger partial charge is 0.453 e. The molecule has 4 atom stereocenters. The van der Waals surface area contributed by atoms with Crippen molar-refractivity contribution >= 4 is 46.4 Å². The number of imidazole rings is 2. The number of fused-ring (bicyclic) bond motifs is 2. The van der Waals surface area contributed by atoms with Gasteiger partial charge in [-0.3, -0.25) is 9.59 Å². The molecule has 0 bridgehead atoms. The Bertz CT molecular complexity index is 2370. The summed E-state index contributed by atoms with van der Waals surface area (Å²) in [6.45, 7) is 8.97. The molecule has 2 aliphatic rings. The Hall–Kier alpha value is -6.20. The molecule has 3 amide bonds. The van der Waals surface area contributed by atoms with Crippen LogP contribution in [0.15, 0.2) is 65.7 Å². The van der Waals surface area contributed by atoms with Gasteiger partial charge in [0.15, 0.2) is 0 Å². The molecule has 58 heavy (non-hydrogen) atoms. The summed E-state index contributed by atoms with van der Waals surface area (Å²) in [6, 6.07) is 18.5. The number of H-pyrrole nitrogens is 2. The molecule has 3 N–H and O–H groups in total. The second kappa shape index (κ2) is 17.5. The highest BCUT2D eigenvalue weighted by Crippen LogP contribution is 2.35. The summed E-state index contributed by atoms with van der Waals surface area (Å²) in [7, 11) is 2.68. The van der Waals surface area contributed by atoms with Crippen LogP contribution < -0.4 is 5.32 Å². The molecule has 302 valence electrons. The number of amides is 3. The van der Waals surface area contributed by atoms with Crippen LogP contribution in [0.25, 0.3) is 33.2 Å². The Kier molecular flexibility index (Phi) is 12.1. The minimum absolute atomic E-state index is 0.0143. The lowest BCUT2D eigenvalue weighted by Gasteiger charge is -2.29. The van der Waals surface area contributed by atoms with Gasteiger partial charge in [-0.2, -0.15) is 4.89 Å². The van der Waals surface area contributed by atoms with Crippen LogP contribution >= 0.6 is 0 Å². The molecule has 0 aliphatic carbocycles. The Morgan fingerprint density at radius 1 is 0.776 bits per heavy atom. The second-order valence-corrected chi connectivity index (χ2v) is 15.5. The number of methoxy groups -OCH3 is 1. The Morgan fingerprint density at radius 2 is 1.34 bits per heavy atom. The highest BCUT2D eigenvalue weighted by Gasteiger charge is 2.38. The summed E-state index contributed by atoms with van der Waals surface area (Å²) in [5.41, 5.74) is 7.19. The van der Waals surface area contributed by atoms with Gasteiger partial charge in [0, 0.05) is 24.2 Å². The number of carbonyl (C=O) groups excluding carboxylic acids is 3. The molecule has 0 saturated carbocycles. The van der Waals surface area contributed by atoms with Gasteiger partial charge < -0.3 is 34.7 Å². The lowest BCUT2D eigenvalue weighted by molar-refractivity contribution is -0.188. The van der Waals surface area contributed by atoms with E-state index in [-0.39, 0.29) is 35.7 Å². The molecule has 0 spiro atoms. The number of ether oxygens (including phenoxy) is 1. The molecule has 2 saturated heterocycles. The average Bonchev–Trinajstić information content (AvgIpc) is 4.05. The highest BCUT2D eigenvalue weighted by atomic mass is 17.2. The summed E-state index contributed by atoms with van der Waals surface area (Å²) in [4.78, 5) is 73.2. The maximum atomic E-state index is 13.6. The first-order chi connectivity index (χ1) is 28.0. The molecule has 0 radical (unpaired) electrons. The van der Waals surface area contributed by atoms with Crippen LogP contribution in [0.4, 0.5) is 4.79 Å². The monoisotopic (exact) mass is 786 g/mol. The van der Waals surface area contributed by atoms with Crippen molar-refractivity contribution in [2.75, 3.05) is 27.3 Å². The van der Waals surface area contributed by atoms with Crippen LogP contribution in [-0.4, -0.2) is 93.4 Å². The number of aromatic nitrogens is 4. The van der Waals surface area contributed by atoms with E-state index in [1.54, 1.807) is 0 Å². The number of nitrogens with zero attached hydrogens (tertiary/aromatic N) is 5. The zero-order valence-corrected chi connectivity index (χ0v) is 33.7. The Labute approximate surface area is 337 Å². The predicted molar refractivity (Wildman–Crippen MR) is 220 cm³/mol. The minimum atomic E-state index is -0.692. The molecular formula is C44H50N8O6. The third-order valence-electron chi connectivity index (χ3n) is 10.9. The molecule has 14 nitrogen and oxygen atoms in total. The SMILES string of the molecule is COOC=N[C@H](C(=O)N1CCC[C@H]1c1nc2ccc(-c3ccc(C#Cc4ccc5nc([C@@H]6CCCN6C(=O)[C@@H](NC(=O)OC)C(C)C)[nH]c5c4)cc3)cc2[nH]1)C(C)C. The van der Waals surface area contributed by atoms with E-state index in [0.29, 0.717) is 13.1 Å². The van der Waals surface area contributed by atoms with E-state index in [1.165, 1.54) is 20.6 Å². The van der Waals surface area contributed by atoms with E-state index in [0.717, 1.165) is 81.7 Å². The van der Waals surface area contributed by atoms with Crippen LogP contribution in [-0.2, 0) is 24.1 Å². The van der Waals surface area contributed by atoms with E-state index in [9.17, 15) is 14.4 Å². The van der Waals surface area contributed by atoms with Gasteiger partial charge in [0.2, 0.25) is 18.2 Å². The summed E-state index contributed by atoms with van der Waals surface area (Å²) >= 11 is 0. The van der Waals surface area contributed by atoms with Crippen molar-refractivity contribution in [2.24, 2.45) is 16.8 Å². The molecular weight excluding hydrogens is 737 g/mol. The van der Waals surface area contributed by atoms with Crippen molar-refractivity contribution in [3.8, 4) is 23.0 Å². The summed E-state index contributed by atoms with van der Waals surface area (Å²) in [5.74, 6) is 7.74. The summed E-state index contributed by atoms with van der Waals surface area (Å²) in [6.07, 6.45) is 3.88. The maximum absolute atomic E-state index is 13.6. The van der Waals surface area contributed by atoms with Gasteiger partial charge in [-0.05, 0) is 91.1 Å². The van der Waals surface area contributed by atoms with Gasteiger partial charge in [0.05, 0.1) is 48.4 Å². The fourth-order valence-corrected chi connectivity index (χ4v) is 7.85.